The van der Waals surface area contributed by atoms with E-state index in [9.17, 15) is 29.1 Å². The number of thiol groups is 2. The Morgan fingerprint density at radius 2 is 1.45 bits per heavy atom. The second kappa shape index (κ2) is 13.3. The Balaban J connectivity index is 5.26. The number of hydrogen-bond donors (Lipinski definition) is 8. The molecule has 5 atom stereocenters. The van der Waals surface area contributed by atoms with E-state index in [0.717, 1.165) is 0 Å². The number of hydrogen-bond acceptors (Lipinski definition) is 8. The van der Waals surface area contributed by atoms with E-state index in [0.29, 0.717) is 6.42 Å². The van der Waals surface area contributed by atoms with Crippen molar-refractivity contribution in [2.75, 3.05) is 11.5 Å². The summed E-state index contributed by atoms with van der Waals surface area (Å²) in [6.07, 6.45) is -0.0182. The van der Waals surface area contributed by atoms with E-state index >= 15 is 0 Å². The zero-order valence-electron chi connectivity index (χ0n) is 16.3. The van der Waals surface area contributed by atoms with Crippen LogP contribution in [-0.2, 0) is 24.0 Å². The van der Waals surface area contributed by atoms with Crippen LogP contribution in [-0.4, -0.2) is 70.4 Å². The second-order valence-electron chi connectivity index (χ2n) is 6.47. The number of aliphatic carboxylic acids is 1. The molecule has 166 valence electrons. The van der Waals surface area contributed by atoms with Crippen LogP contribution in [0.3, 0.4) is 0 Å². The normalized spacial score (nSPS) is 15.9. The zero-order valence-corrected chi connectivity index (χ0v) is 18.0. The first kappa shape index (κ1) is 27.0. The first-order valence-corrected chi connectivity index (χ1v) is 10.1. The van der Waals surface area contributed by atoms with Gasteiger partial charge in [-0.3, -0.25) is 19.2 Å². The van der Waals surface area contributed by atoms with E-state index in [1.165, 1.54) is 0 Å². The Bertz CT molecular complexity index is 621. The summed E-state index contributed by atoms with van der Waals surface area (Å²) in [4.78, 5) is 59.4. The highest BCUT2D eigenvalue weighted by Crippen LogP contribution is 2.08. The summed E-state index contributed by atoms with van der Waals surface area (Å²) in [5, 5.41) is 16.3. The van der Waals surface area contributed by atoms with Crippen molar-refractivity contribution in [1.29, 1.82) is 0 Å². The van der Waals surface area contributed by atoms with Gasteiger partial charge < -0.3 is 32.5 Å². The summed E-state index contributed by atoms with van der Waals surface area (Å²) >= 11 is 7.88. The van der Waals surface area contributed by atoms with Crippen LogP contribution in [0.15, 0.2) is 0 Å². The van der Waals surface area contributed by atoms with Crippen LogP contribution in [0.5, 0.6) is 0 Å². The fourth-order valence-corrected chi connectivity index (χ4v) is 2.60. The maximum Gasteiger partial charge on any atom is 0.326 e. The molecule has 0 aliphatic heterocycles. The number of nitrogens with one attached hydrogen (secondary N) is 3. The maximum absolute atomic E-state index is 12.5. The Kier molecular flexibility index (Phi) is 12.4. The minimum atomic E-state index is -1.37. The van der Waals surface area contributed by atoms with Gasteiger partial charge in [-0.1, -0.05) is 20.3 Å². The molecule has 0 saturated heterocycles. The molecule has 0 aromatic heterocycles. The zero-order chi connectivity index (χ0) is 22.7. The number of carbonyl (C=O) groups is 5. The quantitative estimate of drug-likeness (QED) is 0.143. The van der Waals surface area contributed by atoms with Gasteiger partial charge in [-0.05, 0) is 5.92 Å². The lowest BCUT2D eigenvalue weighted by Gasteiger charge is -2.25. The molecule has 5 unspecified atom stereocenters. The highest BCUT2D eigenvalue weighted by atomic mass is 32.1. The van der Waals surface area contributed by atoms with E-state index in [2.05, 4.69) is 41.2 Å². The molecule has 0 radical (unpaired) electrons. The number of rotatable bonds is 13. The number of primary amides is 1. The maximum atomic E-state index is 12.5. The van der Waals surface area contributed by atoms with E-state index < -0.39 is 60.2 Å². The molecule has 0 spiro atoms. The molecule has 0 heterocycles. The summed E-state index contributed by atoms with van der Waals surface area (Å²) in [6.45, 7) is 3.44. The summed E-state index contributed by atoms with van der Waals surface area (Å²) in [5.74, 6) is -4.93. The van der Waals surface area contributed by atoms with Crippen molar-refractivity contribution < 1.29 is 29.1 Å². The third-order valence-corrected chi connectivity index (χ3v) is 4.92. The van der Waals surface area contributed by atoms with E-state index in [1.807, 2.05) is 0 Å². The molecule has 0 aromatic carbocycles. The number of carboxylic acids is 1. The SMILES string of the molecule is CCC(C)C(NC(=O)C(CS)NC(=O)C(CC(N)=O)NC(=O)C(N)CS)C(=O)O. The predicted molar refractivity (Wildman–Crippen MR) is 112 cm³/mol. The lowest BCUT2D eigenvalue weighted by molar-refractivity contribution is -0.143. The predicted octanol–water partition coefficient (Wildman–Crippen LogP) is -2.37. The van der Waals surface area contributed by atoms with Gasteiger partial charge in [0, 0.05) is 11.5 Å². The Morgan fingerprint density at radius 1 is 0.931 bits per heavy atom. The molecule has 0 bridgehead atoms. The van der Waals surface area contributed by atoms with Gasteiger partial charge in [0.2, 0.25) is 23.6 Å². The molecule has 0 rings (SSSR count). The summed E-state index contributed by atoms with van der Waals surface area (Å²) in [7, 11) is 0. The van der Waals surface area contributed by atoms with E-state index in [1.54, 1.807) is 13.8 Å². The molecule has 4 amide bonds. The van der Waals surface area contributed by atoms with Crippen LogP contribution in [0.25, 0.3) is 0 Å². The van der Waals surface area contributed by atoms with Crippen molar-refractivity contribution in [3.05, 3.63) is 0 Å². The molecule has 0 saturated carbocycles. The third-order valence-electron chi connectivity index (χ3n) is 4.16. The van der Waals surface area contributed by atoms with Crippen molar-refractivity contribution >= 4 is 54.9 Å². The van der Waals surface area contributed by atoms with Gasteiger partial charge in [0.15, 0.2) is 0 Å². The summed E-state index contributed by atoms with van der Waals surface area (Å²) < 4.78 is 0. The molecular weight excluding hydrogens is 422 g/mol. The van der Waals surface area contributed by atoms with Crippen LogP contribution in [0.4, 0.5) is 0 Å². The van der Waals surface area contributed by atoms with Crippen LogP contribution >= 0.6 is 25.3 Å². The lowest BCUT2D eigenvalue weighted by Crippen LogP contribution is -2.59. The number of carbonyl (C=O) groups excluding carboxylic acids is 4. The minimum absolute atomic E-state index is 0.00457. The van der Waals surface area contributed by atoms with Gasteiger partial charge in [-0.25, -0.2) is 4.79 Å². The third kappa shape index (κ3) is 9.37. The van der Waals surface area contributed by atoms with Gasteiger partial charge >= 0.3 is 5.97 Å². The summed E-state index contributed by atoms with van der Waals surface area (Å²) in [6, 6.07) is -4.74. The van der Waals surface area contributed by atoms with Gasteiger partial charge in [0.1, 0.15) is 18.1 Å². The van der Waals surface area contributed by atoms with E-state index in [-0.39, 0.29) is 17.4 Å². The van der Waals surface area contributed by atoms with Crippen molar-refractivity contribution in [2.45, 2.75) is 50.9 Å². The molecule has 11 nitrogen and oxygen atoms in total. The molecule has 29 heavy (non-hydrogen) atoms. The monoisotopic (exact) mass is 451 g/mol. The van der Waals surface area contributed by atoms with Gasteiger partial charge in [0.25, 0.3) is 0 Å². The molecule has 0 aliphatic rings. The van der Waals surface area contributed by atoms with Crippen molar-refractivity contribution in [1.82, 2.24) is 16.0 Å². The minimum Gasteiger partial charge on any atom is -0.480 e. The smallest absolute Gasteiger partial charge is 0.326 e. The Labute approximate surface area is 179 Å². The van der Waals surface area contributed by atoms with Crippen LogP contribution < -0.4 is 27.4 Å². The summed E-state index contributed by atoms with van der Waals surface area (Å²) in [5.41, 5.74) is 10.6. The van der Waals surface area contributed by atoms with Crippen LogP contribution in [0.2, 0.25) is 0 Å². The molecule has 8 N–H and O–H groups in total. The molecule has 13 heteroatoms. The van der Waals surface area contributed by atoms with Gasteiger partial charge in [0.05, 0.1) is 12.5 Å². The molecular formula is C16H29N5O6S2. The van der Waals surface area contributed by atoms with Crippen molar-refractivity contribution in [2.24, 2.45) is 17.4 Å². The fraction of sp³-hybridized carbons (Fsp3) is 0.688. The first-order valence-electron chi connectivity index (χ1n) is 8.87. The number of amides is 4. The van der Waals surface area contributed by atoms with Gasteiger partial charge in [-0.15, -0.1) is 0 Å². The van der Waals surface area contributed by atoms with Crippen LogP contribution in [0, 0.1) is 5.92 Å². The first-order chi connectivity index (χ1) is 13.5. The Hall–Kier alpha value is -1.99. The standard InChI is InChI=1S/C16H29N5O6S2/c1-3-7(2)12(16(26)27)21-15(25)10(6-29)20-14(24)9(4-11(18)22)19-13(23)8(17)5-28/h7-10,12,28-29H,3-6,17H2,1-2H3,(H2,18,22)(H,19,23)(H,20,24)(H,21,25)(H,26,27). The molecule has 0 aliphatic carbocycles. The number of carboxylic acid groups (broad SMARTS) is 1. The molecule has 0 fully saturated rings. The van der Waals surface area contributed by atoms with E-state index in [4.69, 9.17) is 11.5 Å². The fourth-order valence-electron chi connectivity index (χ4n) is 2.18. The van der Waals surface area contributed by atoms with Crippen molar-refractivity contribution in [3.63, 3.8) is 0 Å². The van der Waals surface area contributed by atoms with Crippen LogP contribution in [0.1, 0.15) is 26.7 Å². The highest BCUT2D eigenvalue weighted by Gasteiger charge is 2.31. The largest absolute Gasteiger partial charge is 0.480 e. The Morgan fingerprint density at radius 3 is 1.86 bits per heavy atom. The highest BCUT2D eigenvalue weighted by molar-refractivity contribution is 7.80. The number of nitrogens with two attached hydrogens (primary N) is 2. The topological polar surface area (TPSA) is 194 Å². The van der Waals surface area contributed by atoms with Gasteiger partial charge in [-0.2, -0.15) is 25.3 Å². The van der Waals surface area contributed by atoms with Crippen molar-refractivity contribution in [3.8, 4) is 0 Å². The second-order valence-corrected chi connectivity index (χ2v) is 7.20. The average Bonchev–Trinajstić information content (AvgIpc) is 2.67. The average molecular weight is 452 g/mol. The lowest BCUT2D eigenvalue weighted by atomic mass is 9.99. The molecule has 0 aromatic rings.